The highest BCUT2D eigenvalue weighted by Gasteiger charge is 2.45. The van der Waals surface area contributed by atoms with E-state index < -0.39 is 27.2 Å². The molecule has 0 heterocycles. The molecule has 0 radical (unpaired) electrons. The molecule has 1 aromatic carbocycles. The zero-order chi connectivity index (χ0) is 15.0. The molecule has 0 saturated heterocycles. The summed E-state index contributed by atoms with van der Waals surface area (Å²) >= 11 is 2.99. The monoisotopic (exact) mass is 365 g/mol. The highest BCUT2D eigenvalue weighted by molar-refractivity contribution is 9.10. The van der Waals surface area contributed by atoms with Crippen LogP contribution in [0.4, 0.5) is 4.39 Å². The average molecular weight is 366 g/mol. The minimum Gasteiger partial charge on any atom is -0.481 e. The van der Waals surface area contributed by atoms with Gasteiger partial charge in [-0.3, -0.25) is 4.79 Å². The van der Waals surface area contributed by atoms with Gasteiger partial charge in [-0.05, 0) is 47.0 Å². The summed E-state index contributed by atoms with van der Waals surface area (Å²) in [6.07, 6.45) is 1.68. The van der Waals surface area contributed by atoms with Crippen LogP contribution in [0.3, 0.4) is 0 Å². The van der Waals surface area contributed by atoms with Crippen LogP contribution in [0.5, 0.6) is 0 Å². The molecule has 5 nitrogen and oxygen atoms in total. The van der Waals surface area contributed by atoms with E-state index in [0.717, 1.165) is 24.6 Å². The first-order valence-electron chi connectivity index (χ1n) is 5.95. The summed E-state index contributed by atoms with van der Waals surface area (Å²) in [6.45, 7) is -0.158. The summed E-state index contributed by atoms with van der Waals surface area (Å²) in [5.41, 5.74) is -1.01. The Morgan fingerprint density at radius 3 is 2.55 bits per heavy atom. The molecule has 0 spiro atoms. The third-order valence-corrected chi connectivity index (χ3v) is 5.93. The summed E-state index contributed by atoms with van der Waals surface area (Å²) in [6, 6.07) is 3.22. The highest BCUT2D eigenvalue weighted by Crippen LogP contribution is 2.40. The van der Waals surface area contributed by atoms with Crippen LogP contribution in [0.25, 0.3) is 0 Å². The Balaban J connectivity index is 2.17. The Kier molecular flexibility index (Phi) is 4.17. The number of nitrogens with one attached hydrogen (secondary N) is 1. The second kappa shape index (κ2) is 5.42. The molecule has 0 unspecified atom stereocenters. The number of carboxylic acid groups (broad SMARTS) is 1. The van der Waals surface area contributed by atoms with Gasteiger partial charge in [0.2, 0.25) is 10.0 Å². The van der Waals surface area contributed by atoms with E-state index in [1.807, 2.05) is 0 Å². The van der Waals surface area contributed by atoms with Crippen molar-refractivity contribution in [3.05, 3.63) is 28.5 Å². The van der Waals surface area contributed by atoms with E-state index in [2.05, 4.69) is 20.7 Å². The number of rotatable bonds is 5. The Labute approximate surface area is 124 Å². The van der Waals surface area contributed by atoms with Gasteiger partial charge in [-0.2, -0.15) is 0 Å². The van der Waals surface area contributed by atoms with E-state index in [1.165, 1.54) is 0 Å². The maximum absolute atomic E-state index is 13.0. The smallest absolute Gasteiger partial charge is 0.310 e. The van der Waals surface area contributed by atoms with Crippen molar-refractivity contribution < 1.29 is 22.7 Å². The van der Waals surface area contributed by atoms with Gasteiger partial charge in [0.25, 0.3) is 0 Å². The molecule has 0 aromatic heterocycles. The van der Waals surface area contributed by atoms with Crippen molar-refractivity contribution in [2.45, 2.75) is 24.2 Å². The van der Waals surface area contributed by atoms with Crippen LogP contribution in [0, 0.1) is 11.2 Å². The molecule has 1 aliphatic carbocycles. The number of aliphatic carboxylic acids is 1. The standard InChI is InChI=1S/C12H13BrFNO4S/c13-9-6-8(14)2-3-10(9)20(18,19)15-7-12(11(16)17)4-1-5-12/h2-3,6,15H,1,4-5,7H2,(H,16,17). The van der Waals surface area contributed by atoms with Crippen LogP contribution < -0.4 is 4.72 Å². The van der Waals surface area contributed by atoms with Crippen molar-refractivity contribution >= 4 is 31.9 Å². The van der Waals surface area contributed by atoms with Gasteiger partial charge in [-0.1, -0.05) is 6.42 Å². The summed E-state index contributed by atoms with van der Waals surface area (Å²) in [4.78, 5) is 11.1. The van der Waals surface area contributed by atoms with E-state index >= 15 is 0 Å². The normalized spacial score (nSPS) is 17.5. The van der Waals surface area contributed by atoms with Crippen molar-refractivity contribution in [1.82, 2.24) is 4.72 Å². The topological polar surface area (TPSA) is 83.5 Å². The van der Waals surface area contributed by atoms with Gasteiger partial charge in [0.1, 0.15) is 5.82 Å². The van der Waals surface area contributed by atoms with Gasteiger partial charge < -0.3 is 5.11 Å². The first-order valence-corrected chi connectivity index (χ1v) is 8.23. The van der Waals surface area contributed by atoms with Crippen LogP contribution >= 0.6 is 15.9 Å². The molecule has 0 bridgehead atoms. The molecule has 1 aliphatic rings. The van der Waals surface area contributed by atoms with E-state index in [1.54, 1.807) is 0 Å². The van der Waals surface area contributed by atoms with Gasteiger partial charge in [0, 0.05) is 11.0 Å². The lowest BCUT2D eigenvalue weighted by Crippen LogP contribution is -2.47. The van der Waals surface area contributed by atoms with Crippen LogP contribution in [0.15, 0.2) is 27.6 Å². The van der Waals surface area contributed by atoms with Crippen molar-refractivity contribution in [3.8, 4) is 0 Å². The molecule has 20 heavy (non-hydrogen) atoms. The fourth-order valence-corrected chi connectivity index (χ4v) is 4.25. The number of carbonyl (C=O) groups is 1. The number of halogens is 2. The molecule has 0 amide bonds. The van der Waals surface area contributed by atoms with Crippen LogP contribution in [0.2, 0.25) is 0 Å². The number of sulfonamides is 1. The SMILES string of the molecule is O=C(O)C1(CNS(=O)(=O)c2ccc(F)cc2Br)CCC1. The molecule has 0 atom stereocenters. The zero-order valence-electron chi connectivity index (χ0n) is 10.4. The van der Waals surface area contributed by atoms with Gasteiger partial charge >= 0.3 is 5.97 Å². The van der Waals surface area contributed by atoms with Crippen molar-refractivity contribution in [2.24, 2.45) is 5.41 Å². The quantitative estimate of drug-likeness (QED) is 0.836. The Bertz CT molecular complexity index is 643. The average Bonchev–Trinajstić information content (AvgIpc) is 2.25. The van der Waals surface area contributed by atoms with E-state index in [0.29, 0.717) is 12.8 Å². The Hall–Kier alpha value is -0.990. The molecule has 2 N–H and O–H groups in total. The van der Waals surface area contributed by atoms with E-state index in [9.17, 15) is 17.6 Å². The molecule has 1 saturated carbocycles. The summed E-state index contributed by atoms with van der Waals surface area (Å²) in [5.74, 6) is -1.55. The van der Waals surface area contributed by atoms with Crippen LogP contribution in [-0.4, -0.2) is 26.0 Å². The molecule has 8 heteroatoms. The fourth-order valence-electron chi connectivity index (χ4n) is 2.07. The first kappa shape index (κ1) is 15.4. The Morgan fingerprint density at radius 2 is 2.10 bits per heavy atom. The van der Waals surface area contributed by atoms with Crippen LogP contribution in [-0.2, 0) is 14.8 Å². The number of hydrogen-bond acceptors (Lipinski definition) is 3. The van der Waals surface area contributed by atoms with E-state index in [4.69, 9.17) is 5.11 Å². The van der Waals surface area contributed by atoms with Crippen molar-refractivity contribution in [2.75, 3.05) is 6.54 Å². The molecule has 1 fully saturated rings. The second-order valence-electron chi connectivity index (χ2n) is 4.84. The lowest BCUT2D eigenvalue weighted by molar-refractivity contribution is -0.153. The maximum Gasteiger partial charge on any atom is 0.310 e. The molecule has 0 aliphatic heterocycles. The summed E-state index contributed by atoms with van der Waals surface area (Å²) in [5, 5.41) is 9.15. The largest absolute Gasteiger partial charge is 0.481 e. The number of carboxylic acids is 1. The molecule has 110 valence electrons. The highest BCUT2D eigenvalue weighted by atomic mass is 79.9. The third-order valence-electron chi connectivity index (χ3n) is 3.55. The first-order chi connectivity index (χ1) is 9.27. The molecular weight excluding hydrogens is 353 g/mol. The molecule has 2 rings (SSSR count). The number of hydrogen-bond donors (Lipinski definition) is 2. The van der Waals surface area contributed by atoms with Gasteiger partial charge in [-0.15, -0.1) is 0 Å². The minimum absolute atomic E-state index is 0.1000. The van der Waals surface area contributed by atoms with Crippen LogP contribution in [0.1, 0.15) is 19.3 Å². The summed E-state index contributed by atoms with van der Waals surface area (Å²) in [7, 11) is -3.88. The minimum atomic E-state index is -3.88. The van der Waals surface area contributed by atoms with E-state index in [-0.39, 0.29) is 15.9 Å². The zero-order valence-corrected chi connectivity index (χ0v) is 12.8. The fraction of sp³-hybridized carbons (Fsp3) is 0.417. The Morgan fingerprint density at radius 1 is 1.45 bits per heavy atom. The molecular formula is C12H13BrFNO4S. The molecule has 1 aromatic rings. The lowest BCUT2D eigenvalue weighted by Gasteiger charge is -2.37. The van der Waals surface area contributed by atoms with Gasteiger partial charge in [-0.25, -0.2) is 17.5 Å². The second-order valence-corrected chi connectivity index (χ2v) is 7.43. The third kappa shape index (κ3) is 2.87. The van der Waals surface area contributed by atoms with Crippen molar-refractivity contribution in [3.63, 3.8) is 0 Å². The maximum atomic E-state index is 13.0. The lowest BCUT2D eigenvalue weighted by atomic mass is 9.69. The van der Waals surface area contributed by atoms with Gasteiger partial charge in [0.05, 0.1) is 10.3 Å². The van der Waals surface area contributed by atoms with Gasteiger partial charge in [0.15, 0.2) is 0 Å². The predicted octanol–water partition coefficient (Wildman–Crippen LogP) is 2.12. The predicted molar refractivity (Wildman–Crippen MR) is 73.2 cm³/mol. The number of benzene rings is 1. The van der Waals surface area contributed by atoms with Crippen molar-refractivity contribution in [1.29, 1.82) is 0 Å². The summed E-state index contributed by atoms with van der Waals surface area (Å²) < 4.78 is 39.6.